The number of halogens is 1. The largest absolute Gasteiger partial charge is 0.449 e. The van der Waals surface area contributed by atoms with Gasteiger partial charge < -0.3 is 9.47 Å². The van der Waals surface area contributed by atoms with Gasteiger partial charge in [-0.1, -0.05) is 17.7 Å². The predicted octanol–water partition coefficient (Wildman–Crippen LogP) is 4.42. The summed E-state index contributed by atoms with van der Waals surface area (Å²) >= 11 is 3.37. The van der Waals surface area contributed by atoms with Crippen LogP contribution in [0.25, 0.3) is 10.9 Å². The van der Waals surface area contributed by atoms with E-state index in [-0.39, 0.29) is 5.88 Å². The first kappa shape index (κ1) is 15.4. The van der Waals surface area contributed by atoms with Crippen LogP contribution in [-0.2, 0) is 4.79 Å². The van der Waals surface area contributed by atoms with Crippen LogP contribution < -0.4 is 9.47 Å². The number of rotatable bonds is 3. The van der Waals surface area contributed by atoms with E-state index in [1.54, 1.807) is 12.3 Å². The highest BCUT2D eigenvalue weighted by molar-refractivity contribution is 9.10. The Kier molecular flexibility index (Phi) is 4.25. The van der Waals surface area contributed by atoms with E-state index in [1.165, 1.54) is 6.92 Å². The molecule has 0 amide bonds. The van der Waals surface area contributed by atoms with Crippen molar-refractivity contribution in [2.75, 3.05) is 0 Å². The second-order valence-electron chi connectivity index (χ2n) is 4.95. The van der Waals surface area contributed by atoms with Crippen molar-refractivity contribution in [1.82, 2.24) is 9.97 Å². The van der Waals surface area contributed by atoms with Gasteiger partial charge in [-0.25, -0.2) is 4.98 Å². The first-order valence-electron chi connectivity index (χ1n) is 6.92. The lowest BCUT2D eigenvalue weighted by atomic mass is 10.2. The molecule has 0 radical (unpaired) electrons. The summed E-state index contributed by atoms with van der Waals surface area (Å²) < 4.78 is 11.6. The van der Waals surface area contributed by atoms with E-state index in [0.717, 1.165) is 10.9 Å². The zero-order valence-electron chi connectivity index (χ0n) is 12.5. The maximum absolute atomic E-state index is 11.4. The van der Waals surface area contributed by atoms with Crippen LogP contribution in [-0.4, -0.2) is 15.9 Å². The number of nitrogens with zero attached hydrogens (tertiary/aromatic N) is 2. The van der Waals surface area contributed by atoms with Crippen molar-refractivity contribution in [2.45, 2.75) is 13.8 Å². The molecule has 3 aromatic rings. The molecule has 0 unspecified atom stereocenters. The number of ether oxygens (including phenoxy) is 2. The molecule has 116 valence electrons. The standard InChI is InChI=1S/C17H13BrN2O3/c1-10-5-7-12(8-6-10)23-15-14-13(4-3-9-19-14)16(18)20-17(15)22-11(2)21/h3-9H,1-2H3. The zero-order valence-corrected chi connectivity index (χ0v) is 14.1. The summed E-state index contributed by atoms with van der Waals surface area (Å²) in [6.07, 6.45) is 1.65. The minimum absolute atomic E-state index is 0.0798. The lowest BCUT2D eigenvalue weighted by Gasteiger charge is -2.13. The molecule has 0 fully saturated rings. The van der Waals surface area contributed by atoms with Gasteiger partial charge in [0.1, 0.15) is 15.9 Å². The second-order valence-corrected chi connectivity index (χ2v) is 5.70. The Hall–Kier alpha value is -2.47. The Morgan fingerprint density at radius 2 is 1.91 bits per heavy atom. The predicted molar refractivity (Wildman–Crippen MR) is 89.8 cm³/mol. The smallest absolute Gasteiger partial charge is 0.309 e. The lowest BCUT2D eigenvalue weighted by molar-refractivity contribution is -0.132. The van der Waals surface area contributed by atoms with Gasteiger partial charge in [0, 0.05) is 18.5 Å². The number of esters is 1. The van der Waals surface area contributed by atoms with Crippen LogP contribution in [0.3, 0.4) is 0 Å². The number of pyridine rings is 2. The number of carbonyl (C=O) groups excluding carboxylic acids is 1. The van der Waals surface area contributed by atoms with Crippen molar-refractivity contribution in [2.24, 2.45) is 0 Å². The maximum Gasteiger partial charge on any atom is 0.309 e. The van der Waals surface area contributed by atoms with Crippen LogP contribution in [0.1, 0.15) is 12.5 Å². The number of hydrogen-bond acceptors (Lipinski definition) is 5. The van der Waals surface area contributed by atoms with Crippen LogP contribution in [0.5, 0.6) is 17.4 Å². The highest BCUT2D eigenvalue weighted by atomic mass is 79.9. The molecular weight excluding hydrogens is 360 g/mol. The molecule has 6 heteroatoms. The number of carbonyl (C=O) groups is 1. The van der Waals surface area contributed by atoms with E-state index in [2.05, 4.69) is 25.9 Å². The van der Waals surface area contributed by atoms with Gasteiger partial charge in [-0.05, 0) is 47.1 Å². The number of aryl methyl sites for hydroxylation is 1. The van der Waals surface area contributed by atoms with Gasteiger partial charge in [-0.3, -0.25) is 9.78 Å². The number of hydrogen-bond donors (Lipinski definition) is 0. The fourth-order valence-electron chi connectivity index (χ4n) is 2.08. The molecule has 0 saturated heterocycles. The van der Waals surface area contributed by atoms with Crippen molar-refractivity contribution in [1.29, 1.82) is 0 Å². The van der Waals surface area contributed by atoms with Gasteiger partial charge in [-0.2, -0.15) is 0 Å². The van der Waals surface area contributed by atoms with Crippen LogP contribution in [0.4, 0.5) is 0 Å². The summed E-state index contributed by atoms with van der Waals surface area (Å²) in [7, 11) is 0. The van der Waals surface area contributed by atoms with Crippen LogP contribution in [0, 0.1) is 6.92 Å². The summed E-state index contributed by atoms with van der Waals surface area (Å²) in [4.78, 5) is 20.0. The van der Waals surface area contributed by atoms with E-state index in [9.17, 15) is 4.79 Å². The topological polar surface area (TPSA) is 61.3 Å². The molecule has 5 nitrogen and oxygen atoms in total. The van der Waals surface area contributed by atoms with Gasteiger partial charge in [0.2, 0.25) is 5.75 Å². The Labute approximate surface area is 141 Å². The molecule has 0 aliphatic carbocycles. The summed E-state index contributed by atoms with van der Waals surface area (Å²) in [5.74, 6) is 0.521. The third-order valence-corrected chi connectivity index (χ3v) is 3.72. The van der Waals surface area contributed by atoms with Crippen LogP contribution >= 0.6 is 15.9 Å². The zero-order chi connectivity index (χ0) is 16.4. The van der Waals surface area contributed by atoms with Crippen molar-refractivity contribution < 1.29 is 14.3 Å². The minimum atomic E-state index is -0.478. The second kappa shape index (κ2) is 6.34. The number of benzene rings is 1. The monoisotopic (exact) mass is 372 g/mol. The summed E-state index contributed by atoms with van der Waals surface area (Å²) in [5, 5.41) is 0.769. The summed E-state index contributed by atoms with van der Waals surface area (Å²) in [5.41, 5.74) is 1.68. The molecule has 0 atom stereocenters. The van der Waals surface area contributed by atoms with Gasteiger partial charge in [0.05, 0.1) is 0 Å². The Morgan fingerprint density at radius 3 is 2.61 bits per heavy atom. The van der Waals surface area contributed by atoms with E-state index >= 15 is 0 Å². The van der Waals surface area contributed by atoms with Crippen LogP contribution in [0.2, 0.25) is 0 Å². The van der Waals surface area contributed by atoms with E-state index in [1.807, 2.05) is 37.3 Å². The third kappa shape index (κ3) is 3.32. The first-order chi connectivity index (χ1) is 11.0. The minimum Gasteiger partial charge on any atom is -0.449 e. The van der Waals surface area contributed by atoms with E-state index in [4.69, 9.17) is 9.47 Å². The highest BCUT2D eigenvalue weighted by Crippen LogP contribution is 2.39. The lowest BCUT2D eigenvalue weighted by Crippen LogP contribution is -2.06. The molecular formula is C17H13BrN2O3. The van der Waals surface area contributed by atoms with Crippen molar-refractivity contribution >= 4 is 32.8 Å². The molecule has 0 aliphatic heterocycles. The molecule has 0 saturated carbocycles. The highest BCUT2D eigenvalue weighted by Gasteiger charge is 2.18. The fourth-order valence-corrected chi connectivity index (χ4v) is 2.56. The molecule has 0 bridgehead atoms. The molecule has 1 aromatic carbocycles. The first-order valence-corrected chi connectivity index (χ1v) is 7.71. The van der Waals surface area contributed by atoms with E-state index in [0.29, 0.717) is 21.6 Å². The van der Waals surface area contributed by atoms with Gasteiger partial charge >= 0.3 is 5.97 Å². The van der Waals surface area contributed by atoms with E-state index < -0.39 is 5.97 Å². The SMILES string of the molecule is CC(=O)Oc1nc(Br)c2cccnc2c1Oc1ccc(C)cc1. The summed E-state index contributed by atoms with van der Waals surface area (Å²) in [6, 6.07) is 11.2. The summed E-state index contributed by atoms with van der Waals surface area (Å²) in [6.45, 7) is 3.31. The van der Waals surface area contributed by atoms with Gasteiger partial charge in [-0.15, -0.1) is 0 Å². The van der Waals surface area contributed by atoms with Crippen LogP contribution in [0.15, 0.2) is 47.2 Å². The Balaban J connectivity index is 2.16. The van der Waals surface area contributed by atoms with Crippen molar-refractivity contribution in [3.63, 3.8) is 0 Å². The normalized spacial score (nSPS) is 10.6. The fraction of sp³-hybridized carbons (Fsp3) is 0.118. The number of aromatic nitrogens is 2. The average Bonchev–Trinajstić information content (AvgIpc) is 2.52. The Bertz CT molecular complexity index is 879. The molecule has 0 aliphatic rings. The quantitative estimate of drug-likeness (QED) is 0.503. The third-order valence-electron chi connectivity index (χ3n) is 3.12. The van der Waals surface area contributed by atoms with Crippen molar-refractivity contribution in [3.05, 3.63) is 52.8 Å². The molecule has 2 heterocycles. The molecule has 3 rings (SSSR count). The molecule has 23 heavy (non-hydrogen) atoms. The van der Waals surface area contributed by atoms with Gasteiger partial charge in [0.15, 0.2) is 0 Å². The molecule has 0 N–H and O–H groups in total. The average molecular weight is 373 g/mol. The molecule has 2 aromatic heterocycles. The Morgan fingerprint density at radius 1 is 1.17 bits per heavy atom. The molecule has 0 spiro atoms. The number of fused-ring (bicyclic) bond motifs is 1. The van der Waals surface area contributed by atoms with Gasteiger partial charge in [0.25, 0.3) is 5.88 Å². The maximum atomic E-state index is 11.4. The van der Waals surface area contributed by atoms with Crippen molar-refractivity contribution in [3.8, 4) is 17.4 Å².